The van der Waals surface area contributed by atoms with Gasteiger partial charge in [-0.15, -0.1) is 0 Å². The molecule has 0 spiro atoms. The van der Waals surface area contributed by atoms with E-state index in [1.54, 1.807) is 11.8 Å². The molecule has 0 radical (unpaired) electrons. The Hall–Kier alpha value is -0.250. The van der Waals surface area contributed by atoms with Crippen LogP contribution in [0.15, 0.2) is 0 Å². The number of rotatable bonds is 2. The second-order valence-corrected chi connectivity index (χ2v) is 8.18. The smallest absolute Gasteiger partial charge is 0.164 e. The van der Waals surface area contributed by atoms with Gasteiger partial charge in [0.25, 0.3) is 0 Å². The van der Waals surface area contributed by atoms with Crippen molar-refractivity contribution >= 4 is 21.6 Å². The molecule has 0 aromatic rings. The van der Waals surface area contributed by atoms with E-state index in [1.165, 1.54) is 6.26 Å². The largest absolute Gasteiger partial charge is 0.281 e. The molecule has 0 amide bonds. The number of hydrogen-bond donors (Lipinski definition) is 0. The first-order valence-corrected chi connectivity index (χ1v) is 9.07. The summed E-state index contributed by atoms with van der Waals surface area (Å²) in [6.07, 6.45) is 4.24. The molecule has 0 aromatic carbocycles. The molecule has 1 heterocycles. The Labute approximate surface area is 107 Å². The molecule has 1 saturated heterocycles. The summed E-state index contributed by atoms with van der Waals surface area (Å²) in [6, 6.07) is 2.49. The van der Waals surface area contributed by atoms with Gasteiger partial charge in [-0.2, -0.15) is 17.0 Å². The van der Waals surface area contributed by atoms with Gasteiger partial charge in [0.05, 0.1) is 12.0 Å². The second kappa shape index (κ2) is 5.17. The first kappa shape index (κ1) is 13.2. The standard InChI is InChI=1S/C11H18N2O2S2/c1-17(14,15)11-8-16-6-5-13(11)10-4-2-3-9(10)7-12/h9-11H,2-6,8H2,1H3. The normalized spacial score (nSPS) is 35.6. The minimum absolute atomic E-state index is 0.0161. The lowest BCUT2D eigenvalue weighted by molar-refractivity contribution is 0.174. The lowest BCUT2D eigenvalue weighted by atomic mass is 10.0. The van der Waals surface area contributed by atoms with Crippen LogP contribution in [0, 0.1) is 17.2 Å². The van der Waals surface area contributed by atoms with Crippen molar-refractivity contribution in [3.05, 3.63) is 0 Å². The Morgan fingerprint density at radius 1 is 1.41 bits per heavy atom. The molecule has 2 rings (SSSR count). The van der Waals surface area contributed by atoms with Crippen LogP contribution < -0.4 is 0 Å². The molecule has 1 aliphatic heterocycles. The van der Waals surface area contributed by atoms with Crippen LogP contribution in [0.4, 0.5) is 0 Å². The zero-order valence-corrected chi connectivity index (χ0v) is 11.6. The molecule has 3 unspecified atom stereocenters. The van der Waals surface area contributed by atoms with Crippen LogP contribution in [0.1, 0.15) is 19.3 Å². The van der Waals surface area contributed by atoms with Crippen LogP contribution in [0.5, 0.6) is 0 Å². The highest BCUT2D eigenvalue weighted by atomic mass is 32.2. The average Bonchev–Trinajstić information content (AvgIpc) is 2.75. The van der Waals surface area contributed by atoms with Crippen molar-refractivity contribution in [2.45, 2.75) is 30.7 Å². The first-order chi connectivity index (χ1) is 8.04. The number of sulfone groups is 1. The third-order valence-corrected chi connectivity index (χ3v) is 6.35. The summed E-state index contributed by atoms with van der Waals surface area (Å²) in [4.78, 5) is 2.08. The molecule has 96 valence electrons. The summed E-state index contributed by atoms with van der Waals surface area (Å²) in [5, 5.41) is 8.74. The molecule has 4 nitrogen and oxygen atoms in total. The maximum absolute atomic E-state index is 11.8. The molecule has 17 heavy (non-hydrogen) atoms. The second-order valence-electron chi connectivity index (χ2n) is 4.83. The van der Waals surface area contributed by atoms with Crippen LogP contribution in [0.2, 0.25) is 0 Å². The summed E-state index contributed by atoms with van der Waals surface area (Å²) in [7, 11) is -3.05. The Bertz CT molecular complexity index is 416. The van der Waals surface area contributed by atoms with E-state index in [0.717, 1.165) is 31.6 Å². The van der Waals surface area contributed by atoms with E-state index in [9.17, 15) is 8.42 Å². The van der Waals surface area contributed by atoms with Crippen molar-refractivity contribution in [2.24, 2.45) is 5.92 Å². The topological polar surface area (TPSA) is 61.2 Å². The fraction of sp³-hybridized carbons (Fsp3) is 0.909. The quantitative estimate of drug-likeness (QED) is 0.754. The summed E-state index contributed by atoms with van der Waals surface area (Å²) in [6.45, 7) is 0.797. The summed E-state index contributed by atoms with van der Waals surface area (Å²) >= 11 is 1.70. The van der Waals surface area contributed by atoms with E-state index in [2.05, 4.69) is 11.0 Å². The molecule has 1 saturated carbocycles. The van der Waals surface area contributed by atoms with Gasteiger partial charge in [-0.25, -0.2) is 8.42 Å². The minimum Gasteiger partial charge on any atom is -0.281 e. The fourth-order valence-electron chi connectivity index (χ4n) is 2.83. The number of thioether (sulfide) groups is 1. The monoisotopic (exact) mass is 274 g/mol. The van der Waals surface area contributed by atoms with Crippen molar-refractivity contribution in [3.8, 4) is 6.07 Å². The van der Waals surface area contributed by atoms with E-state index < -0.39 is 9.84 Å². The lowest BCUT2D eigenvalue weighted by Gasteiger charge is -2.39. The average molecular weight is 274 g/mol. The fourth-order valence-corrected chi connectivity index (χ4v) is 5.76. The van der Waals surface area contributed by atoms with E-state index in [0.29, 0.717) is 5.75 Å². The Balaban J connectivity index is 2.20. The molecule has 0 aromatic heterocycles. The Morgan fingerprint density at radius 3 is 2.82 bits per heavy atom. The van der Waals surface area contributed by atoms with Crippen LogP contribution in [0.25, 0.3) is 0 Å². The molecule has 3 atom stereocenters. The summed E-state index contributed by atoms with van der Waals surface area (Å²) in [5.41, 5.74) is 0. The lowest BCUT2D eigenvalue weighted by Crippen LogP contribution is -2.52. The SMILES string of the molecule is CS(=O)(=O)C1CSCCN1C1CCCC1C#N. The number of nitriles is 1. The van der Waals surface area contributed by atoms with Crippen molar-refractivity contribution in [1.82, 2.24) is 4.90 Å². The highest BCUT2D eigenvalue weighted by Crippen LogP contribution is 2.34. The first-order valence-electron chi connectivity index (χ1n) is 5.96. The van der Waals surface area contributed by atoms with E-state index in [-0.39, 0.29) is 17.3 Å². The van der Waals surface area contributed by atoms with Crippen LogP contribution in [0.3, 0.4) is 0 Å². The third-order valence-electron chi connectivity index (χ3n) is 3.69. The highest BCUT2D eigenvalue weighted by Gasteiger charge is 2.40. The number of hydrogen-bond acceptors (Lipinski definition) is 5. The Morgan fingerprint density at radius 2 is 2.18 bits per heavy atom. The van der Waals surface area contributed by atoms with Crippen molar-refractivity contribution in [2.75, 3.05) is 24.3 Å². The predicted molar refractivity (Wildman–Crippen MR) is 69.4 cm³/mol. The van der Waals surface area contributed by atoms with Gasteiger partial charge in [-0.3, -0.25) is 4.90 Å². The zero-order valence-electron chi connectivity index (χ0n) is 10.0. The van der Waals surface area contributed by atoms with Crippen LogP contribution in [-0.4, -0.2) is 49.0 Å². The molecule has 6 heteroatoms. The predicted octanol–water partition coefficient (Wildman–Crippen LogP) is 1.10. The van der Waals surface area contributed by atoms with Crippen molar-refractivity contribution in [1.29, 1.82) is 5.26 Å². The molecule has 0 bridgehead atoms. The van der Waals surface area contributed by atoms with Gasteiger partial charge in [0.2, 0.25) is 0 Å². The van der Waals surface area contributed by atoms with Gasteiger partial charge in [0.15, 0.2) is 9.84 Å². The maximum Gasteiger partial charge on any atom is 0.164 e. The molecule has 1 aliphatic carbocycles. The van der Waals surface area contributed by atoms with E-state index >= 15 is 0 Å². The van der Waals surface area contributed by atoms with Gasteiger partial charge in [-0.1, -0.05) is 6.42 Å². The minimum atomic E-state index is -3.05. The van der Waals surface area contributed by atoms with Gasteiger partial charge in [0.1, 0.15) is 5.37 Å². The van der Waals surface area contributed by atoms with Crippen molar-refractivity contribution < 1.29 is 8.42 Å². The Kier molecular flexibility index (Phi) is 4.01. The highest BCUT2D eigenvalue weighted by molar-refractivity contribution is 8.00. The number of nitrogens with zero attached hydrogens (tertiary/aromatic N) is 2. The van der Waals surface area contributed by atoms with E-state index in [4.69, 9.17) is 5.26 Å². The van der Waals surface area contributed by atoms with Gasteiger partial charge >= 0.3 is 0 Å². The van der Waals surface area contributed by atoms with Crippen molar-refractivity contribution in [3.63, 3.8) is 0 Å². The molecule has 0 N–H and O–H groups in total. The third kappa shape index (κ3) is 2.78. The molecule has 2 fully saturated rings. The van der Waals surface area contributed by atoms with Crippen LogP contribution in [-0.2, 0) is 9.84 Å². The summed E-state index contributed by atoms with van der Waals surface area (Å²) < 4.78 is 23.6. The van der Waals surface area contributed by atoms with Gasteiger partial charge < -0.3 is 0 Å². The van der Waals surface area contributed by atoms with Gasteiger partial charge in [0, 0.05) is 30.3 Å². The zero-order chi connectivity index (χ0) is 12.5. The van der Waals surface area contributed by atoms with Gasteiger partial charge in [-0.05, 0) is 12.8 Å². The maximum atomic E-state index is 11.8. The summed E-state index contributed by atoms with van der Waals surface area (Å²) in [5.74, 6) is 1.64. The molecule has 2 aliphatic rings. The molecular formula is C11H18N2O2S2. The van der Waals surface area contributed by atoms with Crippen LogP contribution >= 0.6 is 11.8 Å². The molecular weight excluding hydrogens is 256 g/mol. The van der Waals surface area contributed by atoms with E-state index in [1.807, 2.05) is 0 Å².